The Kier molecular flexibility index (Phi) is 15.4. The monoisotopic (exact) mass is 966 g/mol. The topological polar surface area (TPSA) is 227 Å². The Labute approximate surface area is 406 Å². The van der Waals surface area contributed by atoms with Gasteiger partial charge in [0.2, 0.25) is 5.79 Å². The third-order valence-electron chi connectivity index (χ3n) is 15.5. The lowest BCUT2D eigenvalue weighted by Gasteiger charge is -2.50. The van der Waals surface area contributed by atoms with Crippen LogP contribution in [-0.2, 0) is 47.4 Å². The van der Waals surface area contributed by atoms with Crippen molar-refractivity contribution in [2.75, 3.05) is 13.7 Å². The molecule has 1 aromatic carbocycles. The summed E-state index contributed by atoms with van der Waals surface area (Å²) < 4.78 is 66.2. The van der Waals surface area contributed by atoms with Crippen LogP contribution in [-0.4, -0.2) is 125 Å². The van der Waals surface area contributed by atoms with Crippen LogP contribution in [0.1, 0.15) is 136 Å². The largest absolute Gasteiger partial charge is 0.467 e. The van der Waals surface area contributed by atoms with Crippen LogP contribution in [0.4, 0.5) is 5.69 Å². The summed E-state index contributed by atoms with van der Waals surface area (Å²) in [5, 5.41) is 38.1. The van der Waals surface area contributed by atoms with Crippen LogP contribution in [0.3, 0.4) is 0 Å². The third kappa shape index (κ3) is 11.3. The second-order valence-electron chi connectivity index (χ2n) is 21.0. The molecule has 17 heteroatoms. The van der Waals surface area contributed by atoms with Crippen LogP contribution in [0.15, 0.2) is 65.3 Å². The predicted molar refractivity (Wildman–Crippen MR) is 250 cm³/mol. The van der Waals surface area contributed by atoms with Gasteiger partial charge in [-0.05, 0) is 113 Å². The van der Waals surface area contributed by atoms with E-state index in [9.17, 15) is 26.3 Å². The Hall–Kier alpha value is -3.71. The molecule has 69 heavy (non-hydrogen) atoms. The maximum absolute atomic E-state index is 13.6. The third-order valence-corrected chi connectivity index (χ3v) is 15.5. The Morgan fingerprint density at radius 3 is 2.52 bits per heavy atom. The first-order valence-electron chi connectivity index (χ1n) is 25.5. The molecule has 3 N–H and O–H groups in total. The van der Waals surface area contributed by atoms with Gasteiger partial charge < -0.3 is 58.0 Å². The summed E-state index contributed by atoms with van der Waals surface area (Å²) in [6.07, 6.45) is 5.60. The minimum absolute atomic E-state index is 0.0634. The fourth-order valence-corrected chi connectivity index (χ4v) is 11.6. The van der Waals surface area contributed by atoms with Crippen molar-refractivity contribution in [3.8, 4) is 0 Å². The zero-order chi connectivity index (χ0) is 50.2. The highest BCUT2D eigenvalue weighted by Crippen LogP contribution is 2.48. The van der Waals surface area contributed by atoms with Gasteiger partial charge in [0.25, 0.3) is 0 Å². The van der Waals surface area contributed by atoms with E-state index in [0.717, 1.165) is 37.7 Å². The molecular weight excluding hydrogens is 891 g/mol. The normalized spacial score (nSPS) is 39.9. The van der Waals surface area contributed by atoms with Crippen molar-refractivity contribution in [2.24, 2.45) is 22.9 Å². The van der Waals surface area contributed by atoms with Gasteiger partial charge in [0.05, 0.1) is 57.3 Å². The van der Waals surface area contributed by atoms with Gasteiger partial charge >= 0.3 is 11.9 Å². The molecule has 6 saturated heterocycles. The van der Waals surface area contributed by atoms with Crippen molar-refractivity contribution in [1.29, 1.82) is 0 Å². The van der Waals surface area contributed by atoms with E-state index in [-0.39, 0.29) is 53.9 Å². The highest BCUT2D eigenvalue weighted by molar-refractivity contribution is 5.90. The SMILES string of the molecule is [3H]C(O)(CC(C)C1OC2(CCCCO2)CCC1C)C1OC2CCC3(CCC(/C=C/C(C)C4CC(C)=CC5(OC(CC(C)(O)C(=O)OC)CCC5OC(=O)c5ccc(N=[N+]=[N-])cc5)O4)O3)OC2C(O)C1=C. The van der Waals surface area contributed by atoms with Crippen LogP contribution in [0.25, 0.3) is 10.4 Å². The fourth-order valence-electron chi connectivity index (χ4n) is 11.6. The number of rotatable bonds is 13. The average Bonchev–Trinajstić information content (AvgIpc) is 3.72. The standard InChI is InChI=1S/C52H73N3O14/c1-30-26-41(67-52(28-30)42(17-16-38(66-52)29-49(6,60)48(59)61-7)64-47(58)35-11-13-36(14-12-35)54-55-53)31(2)10-15-37-19-23-51(65-37)24-20-40-46(69-51)43(57)34(5)45(63-40)39(56)27-33(4)44-32(3)18-22-50(68-44)21-8-9-25-62-50/h10-15,28,31-33,37-46,56-57,60H,5,8-9,16-27,29H2,1-4,6-7H3/b15-10+/i39T. The Bertz CT molecular complexity index is 2170. The van der Waals surface area contributed by atoms with Crippen LogP contribution in [0.2, 0.25) is 0 Å². The summed E-state index contributed by atoms with van der Waals surface area (Å²) in [6.45, 7) is 14.3. The Balaban J connectivity index is 0.899. The van der Waals surface area contributed by atoms with Crippen LogP contribution >= 0.6 is 0 Å². The average molecular weight is 966 g/mol. The molecule has 3 spiro atoms. The molecule has 0 amide bonds. The lowest BCUT2D eigenvalue weighted by molar-refractivity contribution is -0.320. The number of azide groups is 1. The molecular formula is C52H73N3O14. The van der Waals surface area contributed by atoms with E-state index < -0.39 is 83.7 Å². The summed E-state index contributed by atoms with van der Waals surface area (Å²) in [5.41, 5.74) is 8.68. The van der Waals surface area contributed by atoms with Gasteiger partial charge in [0.15, 0.2) is 23.3 Å². The van der Waals surface area contributed by atoms with Gasteiger partial charge in [0.1, 0.15) is 18.3 Å². The van der Waals surface area contributed by atoms with E-state index >= 15 is 0 Å². The fraction of sp³-hybridized carbons (Fsp3) is 0.731. The number of benzene rings is 1. The second kappa shape index (κ2) is 21.2. The molecule has 380 valence electrons. The first kappa shape index (κ1) is 50.2. The zero-order valence-corrected chi connectivity index (χ0v) is 41.0. The first-order valence-corrected chi connectivity index (χ1v) is 25.0. The number of fused-ring (bicyclic) bond motifs is 1. The molecule has 8 rings (SSSR count). The Morgan fingerprint density at radius 2 is 1.80 bits per heavy atom. The van der Waals surface area contributed by atoms with Crippen LogP contribution in [0, 0.1) is 17.8 Å². The molecule has 0 saturated carbocycles. The summed E-state index contributed by atoms with van der Waals surface area (Å²) in [7, 11) is 1.21. The van der Waals surface area contributed by atoms with Crippen molar-refractivity contribution in [1.82, 2.24) is 0 Å². The number of methoxy groups -OCH3 is 1. The molecule has 0 radical (unpaired) electrons. The molecule has 1 aromatic rings. The number of carbonyl (C=O) groups is 2. The first-order chi connectivity index (χ1) is 33.2. The van der Waals surface area contributed by atoms with E-state index in [1.807, 2.05) is 39.0 Å². The van der Waals surface area contributed by atoms with Gasteiger partial charge in [-0.3, -0.25) is 0 Å². The number of nitrogens with zero attached hydrogens (tertiary/aromatic N) is 3. The zero-order valence-electron chi connectivity index (χ0n) is 42.0. The molecule has 0 bridgehead atoms. The van der Waals surface area contributed by atoms with Gasteiger partial charge in [-0.15, -0.1) is 0 Å². The summed E-state index contributed by atoms with van der Waals surface area (Å²) in [5.74, 6) is -4.71. The van der Waals surface area contributed by atoms with E-state index in [4.69, 9.17) is 48.2 Å². The smallest absolute Gasteiger partial charge is 0.338 e. The number of aliphatic hydroxyl groups is 3. The molecule has 0 aliphatic carbocycles. The van der Waals surface area contributed by atoms with Gasteiger partial charge in [0, 0.05) is 48.6 Å². The highest BCUT2D eigenvalue weighted by atomic mass is 16.7. The molecule has 17 nitrogen and oxygen atoms in total. The number of hydrogen-bond acceptors (Lipinski definition) is 15. The maximum Gasteiger partial charge on any atom is 0.338 e. The lowest BCUT2D eigenvalue weighted by Crippen LogP contribution is -2.60. The minimum Gasteiger partial charge on any atom is -0.467 e. The number of aliphatic hydroxyl groups excluding tert-OH is 1. The quantitative estimate of drug-likeness (QED) is 0.0558. The van der Waals surface area contributed by atoms with Crippen molar-refractivity contribution in [3.63, 3.8) is 0 Å². The second-order valence-corrected chi connectivity index (χ2v) is 21.0. The Morgan fingerprint density at radius 1 is 1.04 bits per heavy atom. The lowest BCUT2D eigenvalue weighted by atomic mass is 9.79. The van der Waals surface area contributed by atoms with E-state index in [1.165, 1.54) is 38.3 Å². The van der Waals surface area contributed by atoms with Gasteiger partial charge in [-0.1, -0.05) is 62.3 Å². The van der Waals surface area contributed by atoms with Crippen LogP contribution in [0.5, 0.6) is 0 Å². The van der Waals surface area contributed by atoms with Gasteiger partial charge in [-0.25, -0.2) is 9.59 Å². The maximum atomic E-state index is 13.6. The van der Waals surface area contributed by atoms with Crippen molar-refractivity contribution >= 4 is 17.6 Å². The summed E-state index contributed by atoms with van der Waals surface area (Å²) in [6, 6.07) is 6.06. The van der Waals surface area contributed by atoms with E-state index in [1.54, 1.807) is 0 Å². The number of ether oxygens (including phenoxy) is 9. The highest BCUT2D eigenvalue weighted by Gasteiger charge is 2.55. The minimum atomic E-state index is -2.07. The van der Waals surface area contributed by atoms with Crippen LogP contribution < -0.4 is 0 Å². The summed E-state index contributed by atoms with van der Waals surface area (Å²) in [4.78, 5) is 28.9. The van der Waals surface area contributed by atoms with Crippen molar-refractivity contribution < 1.29 is 68.9 Å². The van der Waals surface area contributed by atoms with E-state index in [0.29, 0.717) is 57.2 Å². The van der Waals surface area contributed by atoms with Crippen molar-refractivity contribution in [3.05, 3.63) is 76.2 Å². The molecule has 17 atom stereocenters. The number of esters is 2. The van der Waals surface area contributed by atoms with E-state index in [2.05, 4.69) is 23.5 Å². The molecule has 6 fully saturated rings. The van der Waals surface area contributed by atoms with Gasteiger partial charge in [-0.2, -0.15) is 0 Å². The molecule has 7 aliphatic heterocycles. The molecule has 0 aromatic heterocycles. The predicted octanol–water partition coefficient (Wildman–Crippen LogP) is 8.11. The van der Waals surface area contributed by atoms with Crippen molar-refractivity contribution in [2.45, 2.75) is 208 Å². The molecule has 7 aliphatic rings. The number of hydrogen-bond donors (Lipinski definition) is 3. The molecule has 17 unspecified atom stereocenters. The summed E-state index contributed by atoms with van der Waals surface area (Å²) >= 11 is 0. The number of carbonyl (C=O) groups excluding carboxylic acids is 2. The molecule has 7 heterocycles.